The van der Waals surface area contributed by atoms with Gasteiger partial charge in [-0.05, 0) is 58.4 Å². The van der Waals surface area contributed by atoms with Gasteiger partial charge in [0.1, 0.15) is 11.6 Å². The summed E-state index contributed by atoms with van der Waals surface area (Å²) < 4.78 is 14.9. The fraction of sp³-hybridized carbons (Fsp3) is 0.0588. The molecular weight excluding hydrogens is 407 g/mol. The number of nitrogens with zero attached hydrogens (tertiary/aromatic N) is 1. The molecule has 4 N–H and O–H groups in total. The molecule has 2 aromatic heterocycles. The van der Waals surface area contributed by atoms with Crippen LogP contribution in [0.1, 0.15) is 15.2 Å². The van der Waals surface area contributed by atoms with Gasteiger partial charge in [-0.15, -0.1) is 11.3 Å². The van der Waals surface area contributed by atoms with Gasteiger partial charge in [-0.3, -0.25) is 4.79 Å². The molecule has 0 unspecified atom stereocenters. The highest BCUT2D eigenvalue weighted by molar-refractivity contribution is 9.11. The summed E-state index contributed by atoms with van der Waals surface area (Å²) in [5.41, 5.74) is 7.31. The van der Waals surface area contributed by atoms with Crippen molar-refractivity contribution < 1.29 is 9.18 Å². The Labute approximate surface area is 156 Å². The van der Waals surface area contributed by atoms with Crippen LogP contribution in [0.4, 0.5) is 21.6 Å². The van der Waals surface area contributed by atoms with Gasteiger partial charge in [0.2, 0.25) is 0 Å². The van der Waals surface area contributed by atoms with Crippen LogP contribution in [0.3, 0.4) is 0 Å². The van der Waals surface area contributed by atoms with E-state index in [9.17, 15) is 9.18 Å². The molecule has 1 aromatic carbocycles. The molecule has 5 nitrogen and oxygen atoms in total. The number of nitrogen functional groups attached to an aromatic ring is 1. The molecule has 0 fully saturated rings. The largest absolute Gasteiger partial charge is 0.382 e. The molecule has 0 spiro atoms. The minimum absolute atomic E-state index is 0.218. The fourth-order valence-electron chi connectivity index (χ4n) is 2.17. The second kappa shape index (κ2) is 7.62. The molecule has 3 aromatic rings. The van der Waals surface area contributed by atoms with E-state index >= 15 is 0 Å². The molecular formula is C17H14BrFN4OS. The number of hydrogen-bond acceptors (Lipinski definition) is 5. The van der Waals surface area contributed by atoms with Crippen LogP contribution in [0.15, 0.2) is 52.4 Å². The molecule has 128 valence electrons. The van der Waals surface area contributed by atoms with E-state index in [0.29, 0.717) is 27.6 Å². The van der Waals surface area contributed by atoms with Crippen LogP contribution in [-0.2, 0) is 6.54 Å². The molecule has 25 heavy (non-hydrogen) atoms. The van der Waals surface area contributed by atoms with E-state index in [2.05, 4.69) is 31.5 Å². The molecule has 0 aliphatic heterocycles. The minimum Gasteiger partial charge on any atom is -0.382 e. The van der Waals surface area contributed by atoms with Gasteiger partial charge in [0.05, 0.1) is 14.4 Å². The van der Waals surface area contributed by atoms with E-state index in [4.69, 9.17) is 5.73 Å². The van der Waals surface area contributed by atoms with E-state index in [1.54, 1.807) is 36.5 Å². The zero-order chi connectivity index (χ0) is 17.8. The number of nitrogens with one attached hydrogen (secondary N) is 2. The first kappa shape index (κ1) is 17.4. The van der Waals surface area contributed by atoms with Crippen molar-refractivity contribution in [1.82, 2.24) is 4.98 Å². The zero-order valence-corrected chi connectivity index (χ0v) is 15.3. The molecule has 0 atom stereocenters. The lowest BCUT2D eigenvalue weighted by Gasteiger charge is -2.11. The number of aromatic nitrogens is 1. The first-order valence-corrected chi connectivity index (χ1v) is 8.93. The summed E-state index contributed by atoms with van der Waals surface area (Å²) in [6.07, 6.45) is 1.58. The zero-order valence-electron chi connectivity index (χ0n) is 12.9. The van der Waals surface area contributed by atoms with E-state index in [1.165, 1.54) is 23.5 Å². The lowest BCUT2D eigenvalue weighted by atomic mass is 10.1. The van der Waals surface area contributed by atoms with Gasteiger partial charge < -0.3 is 16.4 Å². The van der Waals surface area contributed by atoms with Crippen molar-refractivity contribution in [1.29, 1.82) is 0 Å². The topological polar surface area (TPSA) is 80.0 Å². The van der Waals surface area contributed by atoms with Crippen LogP contribution in [0.2, 0.25) is 0 Å². The van der Waals surface area contributed by atoms with Crippen LogP contribution < -0.4 is 16.4 Å². The fourth-order valence-corrected chi connectivity index (χ4v) is 3.46. The lowest BCUT2D eigenvalue weighted by Crippen LogP contribution is -2.11. The van der Waals surface area contributed by atoms with Gasteiger partial charge in [0, 0.05) is 24.0 Å². The summed E-state index contributed by atoms with van der Waals surface area (Å²) in [5.74, 6) is -0.264. The van der Waals surface area contributed by atoms with Gasteiger partial charge in [-0.25, -0.2) is 9.37 Å². The third-order valence-electron chi connectivity index (χ3n) is 3.41. The Morgan fingerprint density at radius 1 is 1.28 bits per heavy atom. The average molecular weight is 421 g/mol. The monoisotopic (exact) mass is 420 g/mol. The van der Waals surface area contributed by atoms with Crippen LogP contribution >= 0.6 is 27.3 Å². The first-order chi connectivity index (χ1) is 12.0. The molecule has 0 radical (unpaired) electrons. The maximum Gasteiger partial charge on any atom is 0.265 e. The van der Waals surface area contributed by atoms with Crippen LogP contribution in [0.5, 0.6) is 0 Å². The standard InChI is InChI=1S/C17H14BrFN4OS/c18-15-6-5-14(25-15)17(24)23-11-3-4-12(19)10(8-11)9-22-13-2-1-7-21-16(13)20/h1-8,22H,9H2,(H2,20,21)(H,23,24). The summed E-state index contributed by atoms with van der Waals surface area (Å²) in [4.78, 5) is 16.7. The number of hydrogen-bond donors (Lipinski definition) is 3. The van der Waals surface area contributed by atoms with Gasteiger partial charge in [-0.1, -0.05) is 0 Å². The molecule has 0 saturated heterocycles. The van der Waals surface area contributed by atoms with Crippen LogP contribution in [-0.4, -0.2) is 10.9 Å². The lowest BCUT2D eigenvalue weighted by molar-refractivity contribution is 0.103. The highest BCUT2D eigenvalue weighted by Crippen LogP contribution is 2.24. The second-order valence-electron chi connectivity index (χ2n) is 5.15. The molecule has 8 heteroatoms. The Morgan fingerprint density at radius 2 is 2.12 bits per heavy atom. The minimum atomic E-state index is -0.369. The summed E-state index contributed by atoms with van der Waals surface area (Å²) in [6.45, 7) is 0.218. The number of amides is 1. The Kier molecular flexibility index (Phi) is 5.30. The molecule has 0 saturated carbocycles. The van der Waals surface area contributed by atoms with E-state index < -0.39 is 0 Å². The quantitative estimate of drug-likeness (QED) is 0.567. The van der Waals surface area contributed by atoms with Crippen LogP contribution in [0.25, 0.3) is 0 Å². The van der Waals surface area contributed by atoms with Gasteiger partial charge in [-0.2, -0.15) is 0 Å². The van der Waals surface area contributed by atoms with Crippen molar-refractivity contribution in [3.63, 3.8) is 0 Å². The summed E-state index contributed by atoms with van der Waals surface area (Å²) >= 11 is 4.65. The number of halogens is 2. The number of thiophene rings is 1. The molecule has 2 heterocycles. The van der Waals surface area contributed by atoms with Crippen LogP contribution in [0, 0.1) is 5.82 Å². The van der Waals surface area contributed by atoms with Gasteiger partial charge in [0.25, 0.3) is 5.91 Å². The normalized spacial score (nSPS) is 10.5. The van der Waals surface area contributed by atoms with Crippen molar-refractivity contribution in [3.05, 3.63) is 68.7 Å². The summed E-state index contributed by atoms with van der Waals surface area (Å²) in [6, 6.07) is 11.5. The van der Waals surface area contributed by atoms with Crippen molar-refractivity contribution in [2.45, 2.75) is 6.54 Å². The van der Waals surface area contributed by atoms with E-state index in [1.807, 2.05) is 0 Å². The number of carbonyl (C=O) groups excluding carboxylic acids is 1. The Bertz CT molecular complexity index is 915. The molecule has 0 aliphatic rings. The number of benzene rings is 1. The Morgan fingerprint density at radius 3 is 2.84 bits per heavy atom. The molecule has 1 amide bonds. The molecule has 3 rings (SSSR count). The first-order valence-electron chi connectivity index (χ1n) is 7.32. The highest BCUT2D eigenvalue weighted by atomic mass is 79.9. The number of nitrogens with two attached hydrogens (primary N) is 1. The maximum absolute atomic E-state index is 14.0. The van der Waals surface area contributed by atoms with Gasteiger partial charge >= 0.3 is 0 Å². The van der Waals surface area contributed by atoms with Crippen molar-refractivity contribution in [2.75, 3.05) is 16.4 Å². The van der Waals surface area contributed by atoms with Gasteiger partial charge in [0.15, 0.2) is 0 Å². The van der Waals surface area contributed by atoms with Crippen molar-refractivity contribution in [3.8, 4) is 0 Å². The predicted octanol–water partition coefficient (Wildman–Crippen LogP) is 4.49. The summed E-state index contributed by atoms with van der Waals surface area (Å²) in [5, 5.41) is 5.81. The van der Waals surface area contributed by atoms with Crippen molar-refractivity contribution in [2.24, 2.45) is 0 Å². The Balaban J connectivity index is 1.72. The average Bonchev–Trinajstić information content (AvgIpc) is 3.03. The number of rotatable bonds is 5. The van der Waals surface area contributed by atoms with E-state index in [-0.39, 0.29) is 18.3 Å². The number of carbonyl (C=O) groups is 1. The molecule has 0 aliphatic carbocycles. The van der Waals surface area contributed by atoms with Crippen molar-refractivity contribution >= 4 is 50.4 Å². The number of anilines is 3. The maximum atomic E-state index is 14.0. The SMILES string of the molecule is Nc1ncccc1NCc1cc(NC(=O)c2ccc(Br)s2)ccc1F. The predicted molar refractivity (Wildman–Crippen MR) is 102 cm³/mol. The third kappa shape index (κ3) is 4.34. The Hall–Kier alpha value is -2.45. The second-order valence-corrected chi connectivity index (χ2v) is 7.62. The molecule has 0 bridgehead atoms. The summed E-state index contributed by atoms with van der Waals surface area (Å²) in [7, 11) is 0. The number of pyridine rings is 1. The third-order valence-corrected chi connectivity index (χ3v) is 5.03. The van der Waals surface area contributed by atoms with E-state index in [0.717, 1.165) is 3.79 Å². The highest BCUT2D eigenvalue weighted by Gasteiger charge is 2.11. The smallest absolute Gasteiger partial charge is 0.265 e.